The van der Waals surface area contributed by atoms with Crippen LogP contribution < -0.4 is 5.32 Å². The molecule has 0 saturated heterocycles. The van der Waals surface area contributed by atoms with Crippen LogP contribution >= 0.6 is 11.3 Å². The van der Waals surface area contributed by atoms with Gasteiger partial charge in [0.1, 0.15) is 12.1 Å². The Kier molecular flexibility index (Phi) is 3.19. The molecule has 1 aromatic carbocycles. The molecule has 0 saturated carbocycles. The predicted octanol–water partition coefficient (Wildman–Crippen LogP) is 3.51. The largest absolute Gasteiger partial charge is 0.364 e. The number of rotatable bonds is 4. The van der Waals surface area contributed by atoms with Gasteiger partial charge in [0.2, 0.25) is 0 Å². The number of fused-ring (bicyclic) bond motifs is 1. The van der Waals surface area contributed by atoms with E-state index < -0.39 is 0 Å². The second-order valence-corrected chi connectivity index (χ2v) is 4.81. The molecular weight excluding hydrogens is 242 g/mol. The first kappa shape index (κ1) is 11.2. The molecule has 0 amide bonds. The highest BCUT2D eigenvalue weighted by Gasteiger charge is 2.03. The van der Waals surface area contributed by atoms with E-state index in [1.807, 2.05) is 36.2 Å². The van der Waals surface area contributed by atoms with E-state index in [1.54, 1.807) is 17.7 Å². The number of hydrogen-bond donors (Lipinski definition) is 1. The Morgan fingerprint density at radius 3 is 2.89 bits per heavy atom. The zero-order valence-corrected chi connectivity index (χ0v) is 10.5. The fourth-order valence-electron chi connectivity index (χ4n) is 1.77. The number of hydrogen-bond acceptors (Lipinski definition) is 4. The minimum atomic E-state index is 0.873. The molecule has 2 aromatic heterocycles. The van der Waals surface area contributed by atoms with Crippen molar-refractivity contribution in [1.29, 1.82) is 0 Å². The number of nitrogens with one attached hydrogen (secondary N) is 1. The van der Waals surface area contributed by atoms with E-state index in [4.69, 9.17) is 0 Å². The van der Waals surface area contributed by atoms with Crippen molar-refractivity contribution in [3.63, 3.8) is 0 Å². The van der Waals surface area contributed by atoms with E-state index in [-0.39, 0.29) is 0 Å². The molecule has 3 aromatic rings. The van der Waals surface area contributed by atoms with Crippen molar-refractivity contribution < 1.29 is 0 Å². The van der Waals surface area contributed by atoms with Gasteiger partial charge in [0.25, 0.3) is 0 Å². The van der Waals surface area contributed by atoms with Crippen molar-refractivity contribution in [1.82, 2.24) is 9.97 Å². The van der Waals surface area contributed by atoms with Crippen LogP contribution in [0.4, 0.5) is 5.82 Å². The average molecular weight is 254 g/mol. The topological polar surface area (TPSA) is 37.8 Å². The van der Waals surface area contributed by atoms with Gasteiger partial charge < -0.3 is 5.32 Å². The fraction of sp³-hybridized carbons (Fsp3) is 0.0714. The third-order valence-electron chi connectivity index (χ3n) is 2.66. The number of benzene rings is 1. The molecule has 4 heteroatoms. The minimum absolute atomic E-state index is 0.873. The molecule has 0 atom stereocenters. The van der Waals surface area contributed by atoms with Crippen molar-refractivity contribution in [3.8, 4) is 0 Å². The Balaban J connectivity index is 1.68. The molecule has 0 aliphatic carbocycles. The molecule has 0 spiro atoms. The second kappa shape index (κ2) is 5.14. The molecule has 0 unspecified atom stereocenters. The van der Waals surface area contributed by atoms with E-state index in [0.29, 0.717) is 0 Å². The monoisotopic (exact) mass is 254 g/mol. The summed E-state index contributed by atoms with van der Waals surface area (Å²) in [7, 11) is 0. The van der Waals surface area contributed by atoms with Crippen LogP contribution in [0.15, 0.2) is 48.1 Å². The van der Waals surface area contributed by atoms with Crippen molar-refractivity contribution in [2.75, 3.05) is 5.32 Å². The van der Waals surface area contributed by atoms with Gasteiger partial charge in [0, 0.05) is 0 Å². The van der Waals surface area contributed by atoms with Gasteiger partial charge in [0.15, 0.2) is 0 Å². The molecule has 89 valence electrons. The van der Waals surface area contributed by atoms with Gasteiger partial charge >= 0.3 is 0 Å². The van der Waals surface area contributed by atoms with Crippen LogP contribution in [0.25, 0.3) is 10.2 Å². The van der Waals surface area contributed by atoms with E-state index in [0.717, 1.165) is 22.5 Å². The minimum Gasteiger partial charge on any atom is -0.364 e. The van der Waals surface area contributed by atoms with Crippen LogP contribution in [-0.2, 0) is 6.42 Å². The Bertz CT molecular complexity index is 634. The normalized spacial score (nSPS) is 10.7. The third-order valence-corrected chi connectivity index (χ3v) is 3.57. The zero-order chi connectivity index (χ0) is 12.2. The van der Waals surface area contributed by atoms with E-state index in [1.165, 1.54) is 5.56 Å². The summed E-state index contributed by atoms with van der Waals surface area (Å²) in [5.74, 6) is 0.880. The van der Waals surface area contributed by atoms with Crippen molar-refractivity contribution in [2.24, 2.45) is 0 Å². The summed E-state index contributed by atoms with van der Waals surface area (Å²) >= 11 is 1.65. The highest BCUT2D eigenvalue weighted by atomic mass is 32.1. The molecule has 3 rings (SSSR count). The molecule has 0 aliphatic heterocycles. The average Bonchev–Trinajstić information content (AvgIpc) is 2.89. The van der Waals surface area contributed by atoms with Gasteiger partial charge in [-0.15, -0.1) is 11.3 Å². The van der Waals surface area contributed by atoms with Crippen LogP contribution in [-0.4, -0.2) is 9.97 Å². The Hall–Kier alpha value is -1.94. The van der Waals surface area contributed by atoms with Gasteiger partial charge in [-0.05, 0) is 23.4 Å². The maximum atomic E-state index is 4.27. The molecule has 2 heterocycles. The number of thiophene rings is 1. The lowest BCUT2D eigenvalue weighted by atomic mass is 10.1. The van der Waals surface area contributed by atoms with E-state index in [9.17, 15) is 0 Å². The number of anilines is 1. The van der Waals surface area contributed by atoms with Gasteiger partial charge in [-0.3, -0.25) is 0 Å². The molecule has 0 bridgehead atoms. The summed E-state index contributed by atoms with van der Waals surface area (Å²) in [5, 5.41) is 5.29. The van der Waals surface area contributed by atoms with E-state index >= 15 is 0 Å². The van der Waals surface area contributed by atoms with Gasteiger partial charge in [-0.2, -0.15) is 0 Å². The maximum absolute atomic E-state index is 4.27. The summed E-state index contributed by atoms with van der Waals surface area (Å²) in [4.78, 5) is 8.48. The number of aromatic nitrogens is 2. The highest BCUT2D eigenvalue weighted by Crippen LogP contribution is 2.24. The van der Waals surface area contributed by atoms with Gasteiger partial charge in [0.05, 0.1) is 16.8 Å². The summed E-state index contributed by atoms with van der Waals surface area (Å²) < 4.78 is 1.10. The lowest BCUT2D eigenvalue weighted by molar-refractivity contribution is 1.12. The first-order chi connectivity index (χ1) is 8.93. The van der Waals surface area contributed by atoms with Gasteiger partial charge in [-0.1, -0.05) is 30.3 Å². The van der Waals surface area contributed by atoms with E-state index in [2.05, 4.69) is 27.4 Å². The summed E-state index contributed by atoms with van der Waals surface area (Å²) in [6, 6.07) is 12.3. The van der Waals surface area contributed by atoms with Crippen molar-refractivity contribution >= 4 is 27.4 Å². The number of nitrogens with zero attached hydrogens (tertiary/aromatic N) is 2. The highest BCUT2D eigenvalue weighted by molar-refractivity contribution is 7.17. The quantitative estimate of drug-likeness (QED) is 0.774. The maximum Gasteiger partial charge on any atom is 0.147 e. The van der Waals surface area contributed by atoms with Crippen LogP contribution in [0.3, 0.4) is 0 Å². The van der Waals surface area contributed by atoms with Crippen LogP contribution in [0.1, 0.15) is 5.56 Å². The zero-order valence-electron chi connectivity index (χ0n) is 9.71. The first-order valence-corrected chi connectivity index (χ1v) is 6.62. The molecule has 0 aliphatic rings. The van der Waals surface area contributed by atoms with Gasteiger partial charge in [-0.25, -0.2) is 9.97 Å². The summed E-state index contributed by atoms with van der Waals surface area (Å²) in [5.41, 5.74) is 2.27. The SMILES string of the molecule is [CH](Cc1ccccc1)Nc1ncnc2ccsc12. The standard InChI is InChI=1S/C14H12N3S/c1-2-4-11(5-3-1)6-8-15-14-13-12(7-9-18-13)16-10-17-14/h1-5,7-10H,6H2,(H,15,16,17). The summed E-state index contributed by atoms with van der Waals surface area (Å²) in [6.45, 7) is 2.02. The first-order valence-electron chi connectivity index (χ1n) is 5.74. The smallest absolute Gasteiger partial charge is 0.147 e. The Labute approximate surface area is 110 Å². The van der Waals surface area contributed by atoms with Crippen LogP contribution in [0, 0.1) is 6.54 Å². The van der Waals surface area contributed by atoms with Crippen molar-refractivity contribution in [3.05, 3.63) is 60.2 Å². The second-order valence-electron chi connectivity index (χ2n) is 3.90. The van der Waals surface area contributed by atoms with Crippen LogP contribution in [0.5, 0.6) is 0 Å². The third kappa shape index (κ3) is 2.33. The fourth-order valence-corrected chi connectivity index (χ4v) is 2.57. The van der Waals surface area contributed by atoms with Crippen LogP contribution in [0.2, 0.25) is 0 Å². The lowest BCUT2D eigenvalue weighted by Gasteiger charge is -2.05. The molecule has 1 N–H and O–H groups in total. The molecule has 1 radical (unpaired) electrons. The molecule has 0 fully saturated rings. The summed E-state index contributed by atoms with van der Waals surface area (Å²) in [6.07, 6.45) is 2.46. The molecule has 18 heavy (non-hydrogen) atoms. The molecular formula is C14H12N3S. The predicted molar refractivity (Wildman–Crippen MR) is 75.5 cm³/mol. The Morgan fingerprint density at radius 2 is 2.00 bits per heavy atom. The lowest BCUT2D eigenvalue weighted by Crippen LogP contribution is -2.00. The molecule has 3 nitrogen and oxygen atoms in total. The van der Waals surface area contributed by atoms with Crippen molar-refractivity contribution in [2.45, 2.75) is 6.42 Å². The Morgan fingerprint density at radius 1 is 1.11 bits per heavy atom.